The predicted molar refractivity (Wildman–Crippen MR) is 87.5 cm³/mol. The fourth-order valence-corrected chi connectivity index (χ4v) is 3.54. The molecule has 6 nitrogen and oxygen atoms in total. The third-order valence-electron chi connectivity index (χ3n) is 4.90. The number of fused-ring (bicyclic) bond motifs is 1. The Balaban J connectivity index is 1.52. The summed E-state index contributed by atoms with van der Waals surface area (Å²) in [7, 11) is 0. The lowest BCUT2D eigenvalue weighted by atomic mass is 9.75. The number of aliphatic hydroxyl groups is 1. The Morgan fingerprint density at radius 2 is 2.33 bits per heavy atom. The van der Waals surface area contributed by atoms with Gasteiger partial charge >= 0.3 is 0 Å². The largest absolute Gasteiger partial charge is 0.493 e. The number of amides is 1. The second-order valence-electron chi connectivity index (χ2n) is 6.63. The second-order valence-corrected chi connectivity index (χ2v) is 6.63. The van der Waals surface area contributed by atoms with Gasteiger partial charge in [-0.2, -0.15) is 0 Å². The Morgan fingerprint density at radius 3 is 3.08 bits per heavy atom. The van der Waals surface area contributed by atoms with E-state index in [2.05, 4.69) is 16.4 Å². The highest BCUT2D eigenvalue weighted by Gasteiger charge is 2.36. The highest BCUT2D eigenvalue weighted by molar-refractivity contribution is 5.76. The summed E-state index contributed by atoms with van der Waals surface area (Å²) in [4.78, 5) is 16.4. The maximum absolute atomic E-state index is 12.4. The van der Waals surface area contributed by atoms with Crippen LogP contribution in [0, 0.1) is 5.92 Å². The van der Waals surface area contributed by atoms with Gasteiger partial charge in [-0.1, -0.05) is 6.07 Å². The predicted octanol–water partition coefficient (Wildman–Crippen LogP) is 1.45. The van der Waals surface area contributed by atoms with Crippen LogP contribution in [0.25, 0.3) is 0 Å². The summed E-state index contributed by atoms with van der Waals surface area (Å²) in [6.45, 7) is 0.971. The smallest absolute Gasteiger partial charge is 0.240 e. The van der Waals surface area contributed by atoms with Crippen molar-refractivity contribution in [1.29, 1.82) is 0 Å². The minimum atomic E-state index is -0.249. The first-order valence-electron chi connectivity index (χ1n) is 8.38. The molecule has 0 saturated heterocycles. The first-order chi connectivity index (χ1) is 11.7. The van der Waals surface area contributed by atoms with E-state index in [0.717, 1.165) is 37.2 Å². The van der Waals surface area contributed by atoms with Crippen molar-refractivity contribution in [2.75, 3.05) is 6.61 Å². The number of carbonyl (C=O) groups excluding carboxylic acids is 1. The molecule has 1 fully saturated rings. The normalized spacial score (nSPS) is 23.0. The molecule has 2 aliphatic rings. The van der Waals surface area contributed by atoms with Crippen molar-refractivity contribution in [3.05, 3.63) is 48.0 Å². The molecule has 1 aromatic carbocycles. The van der Waals surface area contributed by atoms with Crippen LogP contribution in [-0.2, 0) is 17.8 Å². The summed E-state index contributed by atoms with van der Waals surface area (Å²) in [5.74, 6) is 1.17. The molecule has 1 atom stereocenters. The Kier molecular flexibility index (Phi) is 3.98. The molecule has 2 N–H and O–H groups in total. The van der Waals surface area contributed by atoms with Crippen LogP contribution >= 0.6 is 0 Å². The zero-order valence-electron chi connectivity index (χ0n) is 13.4. The van der Waals surface area contributed by atoms with Crippen molar-refractivity contribution in [3.8, 4) is 5.75 Å². The van der Waals surface area contributed by atoms with E-state index in [4.69, 9.17) is 4.74 Å². The number of rotatable bonds is 5. The molecule has 1 aliphatic carbocycles. The molecule has 126 valence electrons. The number of nitrogens with zero attached hydrogens (tertiary/aromatic N) is 2. The zero-order valence-corrected chi connectivity index (χ0v) is 13.4. The summed E-state index contributed by atoms with van der Waals surface area (Å²) in [6, 6.07) is 6.07. The number of hydrogen-bond donors (Lipinski definition) is 2. The van der Waals surface area contributed by atoms with Crippen molar-refractivity contribution < 1.29 is 14.6 Å². The van der Waals surface area contributed by atoms with Gasteiger partial charge in [-0.05, 0) is 42.0 Å². The van der Waals surface area contributed by atoms with Gasteiger partial charge in [0.2, 0.25) is 5.91 Å². The molecule has 0 spiro atoms. The number of aliphatic hydroxyl groups excluding tert-OH is 1. The maximum Gasteiger partial charge on any atom is 0.240 e. The van der Waals surface area contributed by atoms with Crippen LogP contribution in [0.4, 0.5) is 0 Å². The first kappa shape index (κ1) is 15.2. The van der Waals surface area contributed by atoms with Crippen LogP contribution < -0.4 is 10.1 Å². The van der Waals surface area contributed by atoms with Crippen molar-refractivity contribution in [1.82, 2.24) is 14.9 Å². The monoisotopic (exact) mass is 327 g/mol. The van der Waals surface area contributed by atoms with Crippen molar-refractivity contribution in [2.45, 2.75) is 38.0 Å². The lowest BCUT2D eigenvalue weighted by Crippen LogP contribution is -2.42. The average Bonchev–Trinajstić information content (AvgIpc) is 3.20. The third kappa shape index (κ3) is 3.01. The molecule has 1 aliphatic heterocycles. The average molecular weight is 327 g/mol. The van der Waals surface area contributed by atoms with Gasteiger partial charge in [0.05, 0.1) is 25.1 Å². The van der Waals surface area contributed by atoms with Gasteiger partial charge in [0, 0.05) is 18.8 Å². The van der Waals surface area contributed by atoms with Gasteiger partial charge in [0.1, 0.15) is 12.3 Å². The van der Waals surface area contributed by atoms with E-state index < -0.39 is 0 Å². The van der Waals surface area contributed by atoms with Crippen LogP contribution in [0.5, 0.6) is 5.75 Å². The summed E-state index contributed by atoms with van der Waals surface area (Å²) in [5, 5.41) is 12.8. The summed E-state index contributed by atoms with van der Waals surface area (Å²) < 4.78 is 7.31. The minimum Gasteiger partial charge on any atom is -0.493 e. The quantitative estimate of drug-likeness (QED) is 0.871. The lowest BCUT2D eigenvalue weighted by molar-refractivity contribution is -0.123. The van der Waals surface area contributed by atoms with Crippen molar-refractivity contribution in [3.63, 3.8) is 0 Å². The Morgan fingerprint density at radius 1 is 1.46 bits per heavy atom. The van der Waals surface area contributed by atoms with Crippen molar-refractivity contribution >= 4 is 5.91 Å². The topological polar surface area (TPSA) is 76.4 Å². The molecule has 4 rings (SSSR count). The number of imidazole rings is 1. The molecule has 1 aromatic heterocycles. The molecule has 0 unspecified atom stereocenters. The SMILES string of the molecule is O=C(Cn1ccnc1)N[C@H](c1ccc2c(c1)CCO2)C1CC(O)C1. The molecule has 0 radical (unpaired) electrons. The Hall–Kier alpha value is -2.34. The number of ether oxygens (including phenoxy) is 1. The molecule has 1 amide bonds. The van der Waals surface area contributed by atoms with Crippen LogP contribution in [-0.4, -0.2) is 33.3 Å². The molecule has 2 heterocycles. The fourth-order valence-electron chi connectivity index (χ4n) is 3.54. The summed E-state index contributed by atoms with van der Waals surface area (Å²) in [5.41, 5.74) is 2.29. The van der Waals surface area contributed by atoms with Gasteiger partial charge in [0.25, 0.3) is 0 Å². The summed E-state index contributed by atoms with van der Waals surface area (Å²) >= 11 is 0. The Labute approximate surface area is 140 Å². The van der Waals surface area contributed by atoms with Crippen LogP contribution in [0.3, 0.4) is 0 Å². The number of carbonyl (C=O) groups is 1. The van der Waals surface area contributed by atoms with Gasteiger partial charge in [0.15, 0.2) is 0 Å². The van der Waals surface area contributed by atoms with E-state index in [1.165, 1.54) is 5.56 Å². The molecular weight excluding hydrogens is 306 g/mol. The molecule has 1 saturated carbocycles. The van der Waals surface area contributed by atoms with Gasteiger partial charge < -0.3 is 19.7 Å². The zero-order chi connectivity index (χ0) is 16.5. The van der Waals surface area contributed by atoms with Crippen LogP contribution in [0.15, 0.2) is 36.9 Å². The lowest BCUT2D eigenvalue weighted by Gasteiger charge is -2.38. The van der Waals surface area contributed by atoms with Gasteiger partial charge in [-0.3, -0.25) is 4.79 Å². The fraction of sp³-hybridized carbons (Fsp3) is 0.444. The van der Waals surface area contributed by atoms with E-state index in [9.17, 15) is 9.90 Å². The van der Waals surface area contributed by atoms with E-state index in [1.54, 1.807) is 23.3 Å². The molecule has 0 bridgehead atoms. The van der Waals surface area contributed by atoms with E-state index in [1.807, 2.05) is 12.1 Å². The maximum atomic E-state index is 12.4. The molecular formula is C18H21N3O3. The number of benzene rings is 1. The van der Waals surface area contributed by atoms with Gasteiger partial charge in [-0.25, -0.2) is 4.98 Å². The highest BCUT2D eigenvalue weighted by Crippen LogP contribution is 2.39. The van der Waals surface area contributed by atoms with E-state index in [-0.39, 0.29) is 30.5 Å². The second kappa shape index (κ2) is 6.28. The number of nitrogens with one attached hydrogen (secondary N) is 1. The molecule has 24 heavy (non-hydrogen) atoms. The summed E-state index contributed by atoms with van der Waals surface area (Å²) in [6.07, 6.45) is 7.18. The number of hydrogen-bond acceptors (Lipinski definition) is 4. The van der Waals surface area contributed by atoms with E-state index in [0.29, 0.717) is 0 Å². The van der Waals surface area contributed by atoms with Crippen LogP contribution in [0.1, 0.15) is 30.0 Å². The number of aromatic nitrogens is 2. The first-order valence-corrected chi connectivity index (χ1v) is 8.38. The molecule has 6 heteroatoms. The minimum absolute atomic E-state index is 0.0452. The Bertz CT molecular complexity index is 723. The molecule has 2 aromatic rings. The highest BCUT2D eigenvalue weighted by atomic mass is 16.5. The van der Waals surface area contributed by atoms with E-state index >= 15 is 0 Å². The van der Waals surface area contributed by atoms with Gasteiger partial charge in [-0.15, -0.1) is 0 Å². The van der Waals surface area contributed by atoms with Crippen LogP contribution in [0.2, 0.25) is 0 Å². The van der Waals surface area contributed by atoms with Crippen molar-refractivity contribution in [2.24, 2.45) is 5.92 Å². The third-order valence-corrected chi connectivity index (χ3v) is 4.90. The standard InChI is InChI=1S/C18H21N3O3/c22-15-8-14(9-15)18(20-17(23)10-21-5-4-19-11-21)13-1-2-16-12(7-13)3-6-24-16/h1-2,4-5,7,11,14-15,18,22H,3,6,8-10H2,(H,20,23)/t14?,15?,18-/m1/s1.